The van der Waals surface area contributed by atoms with Gasteiger partial charge >= 0.3 is 0 Å². The summed E-state index contributed by atoms with van der Waals surface area (Å²) in [5.41, 5.74) is 8.27. The summed E-state index contributed by atoms with van der Waals surface area (Å²) in [5, 5.41) is 12.9. The second-order valence-corrected chi connectivity index (χ2v) is 15.1. The van der Waals surface area contributed by atoms with Crippen molar-refractivity contribution in [3.63, 3.8) is 0 Å². The molecule has 10 aromatic carbocycles. The zero-order chi connectivity index (χ0) is 35.6. The van der Waals surface area contributed by atoms with Crippen LogP contribution in [0.15, 0.2) is 200 Å². The standard InChI is InChI=1S/C52H33NS/c1-2-12-34(13-3-1)38-17-10-18-41(32-38)53(48-23-11-22-46-51-43-20-8-5-15-36(43)27-31-49(51)54-52(46)48)40-28-24-37(25-29-40)47-33-39-16-6-9-21-44(39)50-42-19-7-4-14-35(42)26-30-45(47)50/h1-33H. The summed E-state index contributed by atoms with van der Waals surface area (Å²) < 4.78 is 2.59. The van der Waals surface area contributed by atoms with Gasteiger partial charge < -0.3 is 4.90 Å². The van der Waals surface area contributed by atoms with Crippen LogP contribution in [0.1, 0.15) is 0 Å². The van der Waals surface area contributed by atoms with E-state index in [1.165, 1.54) is 91.2 Å². The lowest BCUT2D eigenvalue weighted by atomic mass is 9.90. The smallest absolute Gasteiger partial charge is 0.0640 e. The van der Waals surface area contributed by atoms with Crippen LogP contribution in [-0.4, -0.2) is 0 Å². The molecule has 0 radical (unpaired) electrons. The molecule has 2 heteroatoms. The molecular weight excluding hydrogens is 671 g/mol. The predicted octanol–water partition coefficient (Wildman–Crippen LogP) is 15.5. The minimum absolute atomic E-state index is 1.12. The zero-order valence-corrected chi connectivity index (χ0v) is 30.2. The van der Waals surface area contributed by atoms with E-state index in [9.17, 15) is 0 Å². The van der Waals surface area contributed by atoms with Crippen LogP contribution in [0.3, 0.4) is 0 Å². The van der Waals surface area contributed by atoms with Gasteiger partial charge in [0.15, 0.2) is 0 Å². The molecule has 11 aromatic rings. The maximum Gasteiger partial charge on any atom is 0.0640 e. The highest BCUT2D eigenvalue weighted by atomic mass is 32.1. The first-order chi connectivity index (χ1) is 26.8. The van der Waals surface area contributed by atoms with Gasteiger partial charge in [0, 0.05) is 26.8 Å². The third kappa shape index (κ3) is 4.92. The first-order valence-corrected chi connectivity index (χ1v) is 19.3. The maximum absolute atomic E-state index is 2.45. The van der Waals surface area contributed by atoms with E-state index >= 15 is 0 Å². The van der Waals surface area contributed by atoms with Crippen molar-refractivity contribution in [2.24, 2.45) is 0 Å². The van der Waals surface area contributed by atoms with Gasteiger partial charge in [-0.25, -0.2) is 0 Å². The van der Waals surface area contributed by atoms with Crippen molar-refractivity contribution >= 4 is 91.7 Å². The number of nitrogens with zero attached hydrogens (tertiary/aromatic N) is 1. The molecule has 1 nitrogen and oxygen atoms in total. The van der Waals surface area contributed by atoms with Crippen molar-refractivity contribution in [1.29, 1.82) is 0 Å². The lowest BCUT2D eigenvalue weighted by molar-refractivity contribution is 1.30. The number of anilines is 3. The second kappa shape index (κ2) is 12.4. The lowest BCUT2D eigenvalue weighted by Crippen LogP contribution is -2.10. The molecule has 0 saturated heterocycles. The minimum Gasteiger partial charge on any atom is -0.309 e. The number of thiophene rings is 1. The molecule has 1 aromatic heterocycles. The van der Waals surface area contributed by atoms with E-state index in [4.69, 9.17) is 0 Å². The van der Waals surface area contributed by atoms with E-state index in [1.807, 2.05) is 11.3 Å². The summed E-state index contributed by atoms with van der Waals surface area (Å²) in [6, 6.07) is 73.4. The van der Waals surface area contributed by atoms with E-state index in [0.29, 0.717) is 0 Å². The minimum atomic E-state index is 1.12. The average molecular weight is 704 g/mol. The van der Waals surface area contributed by atoms with E-state index in [-0.39, 0.29) is 0 Å². The molecule has 252 valence electrons. The molecule has 54 heavy (non-hydrogen) atoms. The van der Waals surface area contributed by atoms with Gasteiger partial charge in [-0.05, 0) is 108 Å². The summed E-state index contributed by atoms with van der Waals surface area (Å²) in [6.07, 6.45) is 0. The molecule has 0 aliphatic heterocycles. The van der Waals surface area contributed by atoms with Crippen LogP contribution < -0.4 is 4.90 Å². The molecule has 0 amide bonds. The summed E-state index contributed by atoms with van der Waals surface area (Å²) >= 11 is 1.88. The molecule has 0 N–H and O–H groups in total. The molecular formula is C52H33NS. The quantitative estimate of drug-likeness (QED) is 0.161. The fourth-order valence-corrected chi connectivity index (χ4v) is 9.73. The number of hydrogen-bond acceptors (Lipinski definition) is 2. The Labute approximate surface area is 317 Å². The monoisotopic (exact) mass is 703 g/mol. The second-order valence-electron chi connectivity index (χ2n) is 14.1. The summed E-state index contributed by atoms with van der Waals surface area (Å²) in [6.45, 7) is 0. The Morgan fingerprint density at radius 1 is 0.333 bits per heavy atom. The third-order valence-corrected chi connectivity index (χ3v) is 12.2. The number of benzene rings is 10. The van der Waals surface area contributed by atoms with E-state index in [2.05, 4.69) is 205 Å². The van der Waals surface area contributed by atoms with Crippen molar-refractivity contribution < 1.29 is 0 Å². The Hall–Kier alpha value is -6.74. The lowest BCUT2D eigenvalue weighted by Gasteiger charge is -2.27. The van der Waals surface area contributed by atoms with Gasteiger partial charge in [-0.3, -0.25) is 0 Å². The van der Waals surface area contributed by atoms with Crippen LogP contribution in [0.25, 0.3) is 85.5 Å². The van der Waals surface area contributed by atoms with Gasteiger partial charge in [0.1, 0.15) is 0 Å². The normalized spacial score (nSPS) is 11.7. The molecule has 0 saturated carbocycles. The van der Waals surface area contributed by atoms with Gasteiger partial charge in [0.25, 0.3) is 0 Å². The van der Waals surface area contributed by atoms with Crippen molar-refractivity contribution in [2.45, 2.75) is 0 Å². The van der Waals surface area contributed by atoms with Gasteiger partial charge in [0.05, 0.1) is 10.4 Å². The molecule has 0 aliphatic carbocycles. The zero-order valence-electron chi connectivity index (χ0n) is 29.4. The summed E-state index contributed by atoms with van der Waals surface area (Å²) in [7, 11) is 0. The Morgan fingerprint density at radius 3 is 1.72 bits per heavy atom. The van der Waals surface area contributed by atoms with Crippen LogP contribution in [0.4, 0.5) is 17.1 Å². The van der Waals surface area contributed by atoms with Crippen LogP contribution >= 0.6 is 11.3 Å². The summed E-state index contributed by atoms with van der Waals surface area (Å²) in [5.74, 6) is 0. The fourth-order valence-electron chi connectivity index (χ4n) is 8.51. The van der Waals surface area contributed by atoms with Crippen LogP contribution in [-0.2, 0) is 0 Å². The fraction of sp³-hybridized carbons (Fsp3) is 0. The Bertz CT molecular complexity index is 3200. The number of fused-ring (bicyclic) bond motifs is 10. The largest absolute Gasteiger partial charge is 0.309 e. The molecule has 0 unspecified atom stereocenters. The summed E-state index contributed by atoms with van der Waals surface area (Å²) in [4.78, 5) is 2.45. The Balaban J connectivity index is 1.12. The highest BCUT2D eigenvalue weighted by Gasteiger charge is 2.20. The highest BCUT2D eigenvalue weighted by Crippen LogP contribution is 2.47. The number of rotatable bonds is 5. The highest BCUT2D eigenvalue weighted by molar-refractivity contribution is 7.26. The first-order valence-electron chi connectivity index (χ1n) is 18.5. The Morgan fingerprint density at radius 2 is 0.944 bits per heavy atom. The van der Waals surface area contributed by atoms with Crippen molar-refractivity contribution in [3.05, 3.63) is 200 Å². The molecule has 0 aliphatic rings. The molecule has 0 atom stereocenters. The molecule has 0 spiro atoms. The number of hydrogen-bond donors (Lipinski definition) is 0. The molecule has 11 rings (SSSR count). The van der Waals surface area contributed by atoms with E-state index in [1.54, 1.807) is 0 Å². The van der Waals surface area contributed by atoms with Crippen LogP contribution in [0, 0.1) is 0 Å². The van der Waals surface area contributed by atoms with Crippen LogP contribution in [0.2, 0.25) is 0 Å². The average Bonchev–Trinajstić information content (AvgIpc) is 3.64. The van der Waals surface area contributed by atoms with Crippen molar-refractivity contribution in [2.75, 3.05) is 4.90 Å². The van der Waals surface area contributed by atoms with Gasteiger partial charge in [-0.1, -0.05) is 158 Å². The van der Waals surface area contributed by atoms with E-state index < -0.39 is 0 Å². The van der Waals surface area contributed by atoms with Gasteiger partial charge in [0.2, 0.25) is 0 Å². The first kappa shape index (κ1) is 30.8. The predicted molar refractivity (Wildman–Crippen MR) is 235 cm³/mol. The van der Waals surface area contributed by atoms with Gasteiger partial charge in [-0.15, -0.1) is 11.3 Å². The molecule has 0 fully saturated rings. The van der Waals surface area contributed by atoms with Gasteiger partial charge in [-0.2, -0.15) is 0 Å². The topological polar surface area (TPSA) is 3.24 Å². The Kier molecular flexibility index (Phi) is 7.11. The van der Waals surface area contributed by atoms with Crippen molar-refractivity contribution in [3.8, 4) is 22.3 Å². The van der Waals surface area contributed by atoms with Crippen molar-refractivity contribution in [1.82, 2.24) is 0 Å². The SMILES string of the molecule is c1ccc(-c2cccc(N(c3ccc(-c4cc5ccccc5c5c4ccc4ccccc45)cc3)c3cccc4c3sc3ccc5ccccc5c34)c2)cc1. The van der Waals surface area contributed by atoms with Crippen LogP contribution in [0.5, 0.6) is 0 Å². The molecule has 0 bridgehead atoms. The molecule has 1 heterocycles. The maximum atomic E-state index is 2.45. The third-order valence-electron chi connectivity index (χ3n) is 11.0. The van der Waals surface area contributed by atoms with E-state index in [0.717, 1.165) is 11.4 Å².